The number of nitrogens with zero attached hydrogens (tertiary/aromatic N) is 3. The van der Waals surface area contributed by atoms with Crippen molar-refractivity contribution < 1.29 is 9.47 Å². The number of anilines is 1. The standard InChI is InChI=1S/C12H15BrN4O2/c1-18-5-7-2-3-9(19-7)17-4-8(13)10-11(14)15-6-16-12(10)17/h4,6-7,9H,2-3,5H2,1H3,(H2,14,15,16). The lowest BCUT2D eigenvalue weighted by molar-refractivity contribution is -0.0298. The molecule has 6 nitrogen and oxygen atoms in total. The zero-order valence-corrected chi connectivity index (χ0v) is 12.1. The van der Waals surface area contributed by atoms with Crippen LogP contribution >= 0.6 is 15.9 Å². The quantitative estimate of drug-likeness (QED) is 0.934. The van der Waals surface area contributed by atoms with Crippen molar-refractivity contribution in [3.8, 4) is 0 Å². The van der Waals surface area contributed by atoms with Crippen molar-refractivity contribution in [2.75, 3.05) is 19.5 Å². The third-order valence-electron chi connectivity index (χ3n) is 3.34. The van der Waals surface area contributed by atoms with Crippen molar-refractivity contribution in [2.24, 2.45) is 0 Å². The first kappa shape index (κ1) is 12.8. The molecule has 1 saturated heterocycles. The van der Waals surface area contributed by atoms with E-state index in [0.717, 1.165) is 28.3 Å². The van der Waals surface area contributed by atoms with Crippen LogP contribution in [0.15, 0.2) is 17.0 Å². The smallest absolute Gasteiger partial charge is 0.148 e. The Morgan fingerprint density at radius 1 is 1.53 bits per heavy atom. The van der Waals surface area contributed by atoms with E-state index in [2.05, 4.69) is 25.9 Å². The van der Waals surface area contributed by atoms with E-state index in [4.69, 9.17) is 15.2 Å². The molecule has 102 valence electrons. The summed E-state index contributed by atoms with van der Waals surface area (Å²) in [6.45, 7) is 0.619. The summed E-state index contributed by atoms with van der Waals surface area (Å²) >= 11 is 3.50. The van der Waals surface area contributed by atoms with E-state index in [0.29, 0.717) is 12.4 Å². The van der Waals surface area contributed by atoms with Gasteiger partial charge in [0.1, 0.15) is 24.0 Å². The van der Waals surface area contributed by atoms with Gasteiger partial charge in [0.15, 0.2) is 0 Å². The van der Waals surface area contributed by atoms with E-state index < -0.39 is 0 Å². The van der Waals surface area contributed by atoms with Crippen LogP contribution in [0.25, 0.3) is 11.0 Å². The van der Waals surface area contributed by atoms with E-state index in [1.807, 2.05) is 10.8 Å². The average molecular weight is 327 g/mol. The summed E-state index contributed by atoms with van der Waals surface area (Å²) in [6.07, 6.45) is 5.47. The third-order valence-corrected chi connectivity index (χ3v) is 3.94. The summed E-state index contributed by atoms with van der Waals surface area (Å²) in [5.74, 6) is 0.474. The summed E-state index contributed by atoms with van der Waals surface area (Å²) in [6, 6.07) is 0. The topological polar surface area (TPSA) is 75.2 Å². The number of fused-ring (bicyclic) bond motifs is 1. The molecule has 0 amide bonds. The zero-order valence-electron chi connectivity index (χ0n) is 10.5. The first-order chi connectivity index (χ1) is 9.20. The molecule has 0 spiro atoms. The van der Waals surface area contributed by atoms with Crippen LogP contribution in [0, 0.1) is 0 Å². The van der Waals surface area contributed by atoms with Gasteiger partial charge < -0.3 is 19.8 Å². The van der Waals surface area contributed by atoms with Crippen LogP contribution in [0.1, 0.15) is 19.1 Å². The van der Waals surface area contributed by atoms with Crippen LogP contribution in [-0.4, -0.2) is 34.4 Å². The number of aromatic nitrogens is 3. The van der Waals surface area contributed by atoms with Gasteiger partial charge in [-0.25, -0.2) is 9.97 Å². The molecule has 2 aromatic rings. The van der Waals surface area contributed by atoms with Gasteiger partial charge >= 0.3 is 0 Å². The van der Waals surface area contributed by atoms with Crippen LogP contribution < -0.4 is 5.73 Å². The molecule has 2 N–H and O–H groups in total. The van der Waals surface area contributed by atoms with Crippen LogP contribution in [0.5, 0.6) is 0 Å². The highest BCUT2D eigenvalue weighted by Gasteiger charge is 2.28. The number of methoxy groups -OCH3 is 1. The van der Waals surface area contributed by atoms with Gasteiger partial charge in [-0.3, -0.25) is 0 Å². The zero-order chi connectivity index (χ0) is 13.4. The van der Waals surface area contributed by atoms with Gasteiger partial charge in [0.05, 0.1) is 18.1 Å². The fourth-order valence-electron chi connectivity index (χ4n) is 2.48. The molecule has 19 heavy (non-hydrogen) atoms. The van der Waals surface area contributed by atoms with Gasteiger partial charge in [0, 0.05) is 17.8 Å². The van der Waals surface area contributed by atoms with E-state index in [9.17, 15) is 0 Å². The molecule has 0 radical (unpaired) electrons. The Bertz CT molecular complexity index is 601. The summed E-state index contributed by atoms with van der Waals surface area (Å²) in [5.41, 5.74) is 6.68. The molecule has 2 unspecified atom stereocenters. The van der Waals surface area contributed by atoms with Gasteiger partial charge in [-0.2, -0.15) is 0 Å². The predicted molar refractivity (Wildman–Crippen MR) is 74.7 cm³/mol. The first-order valence-electron chi connectivity index (χ1n) is 6.11. The third kappa shape index (κ3) is 2.22. The van der Waals surface area contributed by atoms with E-state index in [-0.39, 0.29) is 12.3 Å². The Hall–Kier alpha value is -1.18. The number of nitrogens with two attached hydrogens (primary N) is 1. The lowest BCUT2D eigenvalue weighted by Crippen LogP contribution is -2.15. The number of hydrogen-bond donors (Lipinski definition) is 1. The fourth-order valence-corrected chi connectivity index (χ4v) is 3.08. The number of rotatable bonds is 3. The number of ether oxygens (including phenoxy) is 2. The molecule has 3 rings (SSSR count). The van der Waals surface area contributed by atoms with Crippen LogP contribution in [0.2, 0.25) is 0 Å². The predicted octanol–water partition coefficient (Wildman–Crippen LogP) is 2.10. The maximum absolute atomic E-state index is 5.97. The Labute approximate surface area is 119 Å². The Morgan fingerprint density at radius 2 is 2.37 bits per heavy atom. The summed E-state index contributed by atoms with van der Waals surface area (Å²) in [7, 11) is 1.69. The second-order valence-electron chi connectivity index (χ2n) is 4.59. The Morgan fingerprint density at radius 3 is 3.16 bits per heavy atom. The first-order valence-corrected chi connectivity index (χ1v) is 6.91. The molecule has 1 aliphatic rings. The second-order valence-corrected chi connectivity index (χ2v) is 5.44. The number of hydrogen-bond acceptors (Lipinski definition) is 5. The summed E-state index contributed by atoms with van der Waals surface area (Å²) in [4.78, 5) is 8.32. The van der Waals surface area contributed by atoms with E-state index in [1.54, 1.807) is 7.11 Å². The molecule has 0 bridgehead atoms. The van der Waals surface area contributed by atoms with Crippen LogP contribution in [0.4, 0.5) is 5.82 Å². The highest BCUT2D eigenvalue weighted by molar-refractivity contribution is 9.10. The Balaban J connectivity index is 1.96. The minimum absolute atomic E-state index is 0.0248. The SMILES string of the molecule is COCC1CCC(n2cc(Br)c3c(N)ncnc32)O1. The van der Waals surface area contributed by atoms with Crippen molar-refractivity contribution in [3.05, 3.63) is 17.0 Å². The van der Waals surface area contributed by atoms with Crippen molar-refractivity contribution in [2.45, 2.75) is 25.2 Å². The van der Waals surface area contributed by atoms with Crippen molar-refractivity contribution >= 4 is 32.8 Å². The van der Waals surface area contributed by atoms with Crippen molar-refractivity contribution in [3.63, 3.8) is 0 Å². The maximum atomic E-state index is 5.97. The molecular formula is C12H15BrN4O2. The minimum Gasteiger partial charge on any atom is -0.383 e. The lowest BCUT2D eigenvalue weighted by Gasteiger charge is -2.15. The normalized spacial score (nSPS) is 23.3. The molecule has 7 heteroatoms. The Kier molecular flexibility index (Phi) is 3.42. The van der Waals surface area contributed by atoms with Gasteiger partial charge in [-0.15, -0.1) is 0 Å². The average Bonchev–Trinajstić information content (AvgIpc) is 2.96. The van der Waals surface area contributed by atoms with Crippen molar-refractivity contribution in [1.29, 1.82) is 0 Å². The molecule has 1 aliphatic heterocycles. The molecule has 2 atom stereocenters. The van der Waals surface area contributed by atoms with E-state index in [1.165, 1.54) is 6.33 Å². The molecule has 0 aliphatic carbocycles. The highest BCUT2D eigenvalue weighted by Crippen LogP contribution is 2.35. The fraction of sp³-hybridized carbons (Fsp3) is 0.500. The molecule has 0 aromatic carbocycles. The molecule has 2 aromatic heterocycles. The van der Waals surface area contributed by atoms with Crippen LogP contribution in [0.3, 0.4) is 0 Å². The summed E-state index contributed by atoms with van der Waals surface area (Å²) in [5, 5.41) is 0.835. The molecule has 3 heterocycles. The molecular weight excluding hydrogens is 312 g/mol. The minimum atomic E-state index is -0.0248. The highest BCUT2D eigenvalue weighted by atomic mass is 79.9. The van der Waals surface area contributed by atoms with Gasteiger partial charge in [-0.05, 0) is 28.8 Å². The maximum Gasteiger partial charge on any atom is 0.148 e. The van der Waals surface area contributed by atoms with E-state index >= 15 is 0 Å². The van der Waals surface area contributed by atoms with Crippen LogP contribution in [-0.2, 0) is 9.47 Å². The monoisotopic (exact) mass is 326 g/mol. The largest absolute Gasteiger partial charge is 0.383 e. The van der Waals surface area contributed by atoms with Gasteiger partial charge in [0.2, 0.25) is 0 Å². The number of halogens is 1. The molecule has 1 fully saturated rings. The van der Waals surface area contributed by atoms with Crippen molar-refractivity contribution in [1.82, 2.24) is 14.5 Å². The van der Waals surface area contributed by atoms with Gasteiger partial charge in [0.25, 0.3) is 0 Å². The number of nitrogen functional groups attached to an aromatic ring is 1. The van der Waals surface area contributed by atoms with Gasteiger partial charge in [-0.1, -0.05) is 0 Å². The molecule has 0 saturated carbocycles. The lowest BCUT2D eigenvalue weighted by atomic mass is 10.2. The summed E-state index contributed by atoms with van der Waals surface area (Å²) < 4.78 is 14.0. The second kappa shape index (κ2) is 5.07.